The van der Waals surface area contributed by atoms with Crippen LogP contribution in [0.2, 0.25) is 5.02 Å². The summed E-state index contributed by atoms with van der Waals surface area (Å²) in [4.78, 5) is 16.2. The Kier molecular flexibility index (Phi) is 5.24. The van der Waals surface area contributed by atoms with E-state index in [1.165, 1.54) is 11.8 Å². The third-order valence-electron chi connectivity index (χ3n) is 4.64. The number of aryl methyl sites for hydroxylation is 1. The van der Waals surface area contributed by atoms with Gasteiger partial charge >= 0.3 is 0 Å². The summed E-state index contributed by atoms with van der Waals surface area (Å²) in [7, 11) is 0. The molecule has 0 spiro atoms. The van der Waals surface area contributed by atoms with Crippen LogP contribution in [0.4, 0.5) is 0 Å². The van der Waals surface area contributed by atoms with Crippen molar-refractivity contribution in [3.05, 3.63) is 64.8 Å². The summed E-state index contributed by atoms with van der Waals surface area (Å²) in [6, 6.07) is 15.4. The van der Waals surface area contributed by atoms with Crippen molar-refractivity contribution < 1.29 is 4.79 Å². The van der Waals surface area contributed by atoms with Crippen molar-refractivity contribution in [3.8, 4) is 11.4 Å². The van der Waals surface area contributed by atoms with Crippen LogP contribution in [0.1, 0.15) is 23.0 Å². The Bertz CT molecular complexity index is 1150. The van der Waals surface area contributed by atoms with Gasteiger partial charge in [0.2, 0.25) is 0 Å². The Morgan fingerprint density at radius 1 is 1.14 bits per heavy atom. The molecule has 2 aromatic heterocycles. The molecule has 4 aromatic rings. The van der Waals surface area contributed by atoms with Crippen molar-refractivity contribution in [1.29, 1.82) is 0 Å². The van der Waals surface area contributed by atoms with Gasteiger partial charge in [-0.05, 0) is 44.2 Å². The fourth-order valence-corrected chi connectivity index (χ4v) is 4.33. The van der Waals surface area contributed by atoms with Crippen molar-refractivity contribution in [2.24, 2.45) is 0 Å². The number of ketones is 1. The molecule has 7 heteroatoms. The lowest BCUT2D eigenvalue weighted by Gasteiger charge is -2.07. The highest BCUT2D eigenvalue weighted by atomic mass is 35.5. The predicted molar refractivity (Wildman–Crippen MR) is 114 cm³/mol. The van der Waals surface area contributed by atoms with Crippen molar-refractivity contribution in [1.82, 2.24) is 19.7 Å². The standard InChI is InChI=1S/C21H19ClN4OS/c1-3-26-20(14-8-10-15(22)11-9-14)24-25-21(26)28-12-18(27)19-13(2)23-17-7-5-4-6-16(17)19/h4-11,23H,3,12H2,1-2H3. The number of fused-ring (bicyclic) bond motifs is 1. The van der Waals surface area contributed by atoms with E-state index in [0.717, 1.165) is 38.7 Å². The van der Waals surface area contributed by atoms with Crippen LogP contribution < -0.4 is 0 Å². The first-order chi connectivity index (χ1) is 13.6. The van der Waals surface area contributed by atoms with Crippen LogP contribution in [0.25, 0.3) is 22.3 Å². The molecule has 1 N–H and O–H groups in total. The van der Waals surface area contributed by atoms with E-state index in [1.807, 2.05) is 66.9 Å². The molecule has 0 aliphatic carbocycles. The Morgan fingerprint density at radius 3 is 2.64 bits per heavy atom. The molecule has 0 bridgehead atoms. The molecule has 0 aliphatic rings. The van der Waals surface area contributed by atoms with Gasteiger partial charge in [0, 0.05) is 39.3 Å². The molecule has 0 unspecified atom stereocenters. The molecule has 0 fully saturated rings. The average molecular weight is 411 g/mol. The summed E-state index contributed by atoms with van der Waals surface area (Å²) in [5, 5.41) is 11.0. The number of halogens is 1. The normalized spacial score (nSPS) is 11.2. The molecule has 2 aromatic carbocycles. The minimum Gasteiger partial charge on any atom is -0.358 e. The zero-order chi connectivity index (χ0) is 19.7. The van der Waals surface area contributed by atoms with E-state index in [-0.39, 0.29) is 5.78 Å². The van der Waals surface area contributed by atoms with Gasteiger partial charge in [0.1, 0.15) is 0 Å². The van der Waals surface area contributed by atoms with Crippen LogP contribution in [0.3, 0.4) is 0 Å². The first-order valence-electron chi connectivity index (χ1n) is 9.01. The number of H-pyrrole nitrogens is 1. The van der Waals surface area contributed by atoms with Gasteiger partial charge in [0.15, 0.2) is 16.8 Å². The second-order valence-electron chi connectivity index (χ2n) is 6.44. The lowest BCUT2D eigenvalue weighted by molar-refractivity contribution is 0.102. The molecule has 0 radical (unpaired) electrons. The highest BCUT2D eigenvalue weighted by molar-refractivity contribution is 7.99. The Hall–Kier alpha value is -2.57. The van der Waals surface area contributed by atoms with Gasteiger partial charge in [-0.2, -0.15) is 0 Å². The number of benzene rings is 2. The monoisotopic (exact) mass is 410 g/mol. The SMILES string of the molecule is CCn1c(SCC(=O)c2c(C)[nH]c3ccccc23)nnc1-c1ccc(Cl)cc1. The summed E-state index contributed by atoms with van der Waals surface area (Å²) in [6.45, 7) is 4.69. The molecule has 5 nitrogen and oxygen atoms in total. The topological polar surface area (TPSA) is 63.6 Å². The zero-order valence-corrected chi connectivity index (χ0v) is 17.1. The van der Waals surface area contributed by atoms with Gasteiger partial charge in [-0.3, -0.25) is 4.79 Å². The molecule has 142 valence electrons. The smallest absolute Gasteiger partial charge is 0.191 e. The zero-order valence-electron chi connectivity index (χ0n) is 15.6. The highest BCUT2D eigenvalue weighted by Crippen LogP contribution is 2.28. The number of nitrogens with one attached hydrogen (secondary N) is 1. The molecule has 0 aliphatic heterocycles. The number of carbonyl (C=O) groups excluding carboxylic acids is 1. The second kappa shape index (κ2) is 7.81. The van der Waals surface area contributed by atoms with Crippen LogP contribution in [0.15, 0.2) is 53.7 Å². The number of para-hydroxylation sites is 1. The number of hydrogen-bond acceptors (Lipinski definition) is 4. The van der Waals surface area contributed by atoms with Crippen LogP contribution in [0, 0.1) is 6.92 Å². The van der Waals surface area contributed by atoms with Gasteiger partial charge < -0.3 is 9.55 Å². The molecule has 0 amide bonds. The minimum absolute atomic E-state index is 0.0821. The van der Waals surface area contributed by atoms with E-state index in [4.69, 9.17) is 11.6 Å². The van der Waals surface area contributed by atoms with Gasteiger partial charge in [-0.1, -0.05) is 41.6 Å². The fraction of sp³-hybridized carbons (Fsp3) is 0.190. The van der Waals surface area contributed by atoms with Crippen molar-refractivity contribution >= 4 is 40.0 Å². The third-order valence-corrected chi connectivity index (χ3v) is 5.86. The van der Waals surface area contributed by atoms with Crippen LogP contribution in [-0.2, 0) is 6.54 Å². The maximum absolute atomic E-state index is 12.9. The molecule has 2 heterocycles. The molecule has 0 atom stereocenters. The first kappa shape index (κ1) is 18.8. The fourth-order valence-electron chi connectivity index (χ4n) is 3.33. The number of Topliss-reactive ketones (excluding diaryl/α,β-unsaturated/α-hetero) is 1. The number of aromatic nitrogens is 4. The number of aromatic amines is 1. The van der Waals surface area contributed by atoms with Crippen LogP contribution in [0.5, 0.6) is 0 Å². The van der Waals surface area contributed by atoms with Crippen molar-refractivity contribution in [3.63, 3.8) is 0 Å². The van der Waals surface area contributed by atoms with Gasteiger partial charge in [0.25, 0.3) is 0 Å². The highest BCUT2D eigenvalue weighted by Gasteiger charge is 2.19. The summed E-state index contributed by atoms with van der Waals surface area (Å²) >= 11 is 7.39. The quantitative estimate of drug-likeness (QED) is 0.342. The molecular formula is C21H19ClN4OS. The van der Waals surface area contributed by atoms with Gasteiger partial charge in [0.05, 0.1) is 5.75 Å². The number of hydrogen-bond donors (Lipinski definition) is 1. The summed E-state index contributed by atoms with van der Waals surface area (Å²) in [5.41, 5.74) is 3.58. The number of rotatable bonds is 6. The number of thioether (sulfide) groups is 1. The predicted octanol–water partition coefficient (Wildman–Crippen LogP) is 5.38. The largest absolute Gasteiger partial charge is 0.358 e. The maximum Gasteiger partial charge on any atom is 0.191 e. The second-order valence-corrected chi connectivity index (χ2v) is 7.82. The van der Waals surface area contributed by atoms with Crippen molar-refractivity contribution in [2.45, 2.75) is 25.5 Å². The Labute approximate surface area is 172 Å². The molecular weight excluding hydrogens is 392 g/mol. The van der Waals surface area contributed by atoms with Gasteiger partial charge in [-0.15, -0.1) is 10.2 Å². The lowest BCUT2D eigenvalue weighted by atomic mass is 10.1. The maximum atomic E-state index is 12.9. The molecule has 0 saturated heterocycles. The van der Waals surface area contributed by atoms with E-state index < -0.39 is 0 Å². The third kappa shape index (κ3) is 3.45. The molecule has 28 heavy (non-hydrogen) atoms. The van der Waals surface area contributed by atoms with Crippen LogP contribution in [-0.4, -0.2) is 31.3 Å². The number of carbonyl (C=O) groups is 1. The van der Waals surface area contributed by atoms with E-state index in [9.17, 15) is 4.79 Å². The van der Waals surface area contributed by atoms with Gasteiger partial charge in [-0.25, -0.2) is 0 Å². The van der Waals surface area contributed by atoms with E-state index in [1.54, 1.807) is 0 Å². The first-order valence-corrected chi connectivity index (χ1v) is 10.4. The van der Waals surface area contributed by atoms with E-state index in [0.29, 0.717) is 17.3 Å². The average Bonchev–Trinajstić information content (AvgIpc) is 3.26. The minimum atomic E-state index is 0.0821. The summed E-state index contributed by atoms with van der Waals surface area (Å²) in [6.07, 6.45) is 0. The summed E-state index contributed by atoms with van der Waals surface area (Å²) < 4.78 is 2.02. The van der Waals surface area contributed by atoms with Crippen LogP contribution >= 0.6 is 23.4 Å². The van der Waals surface area contributed by atoms with E-state index in [2.05, 4.69) is 15.2 Å². The molecule has 0 saturated carbocycles. The lowest BCUT2D eigenvalue weighted by Crippen LogP contribution is -2.06. The Morgan fingerprint density at radius 2 is 1.89 bits per heavy atom. The van der Waals surface area contributed by atoms with Crippen molar-refractivity contribution in [2.75, 3.05) is 5.75 Å². The number of nitrogens with zero attached hydrogens (tertiary/aromatic N) is 3. The summed E-state index contributed by atoms with van der Waals surface area (Å²) in [5.74, 6) is 1.16. The molecule has 4 rings (SSSR count). The Balaban J connectivity index is 1.57. The van der Waals surface area contributed by atoms with E-state index >= 15 is 0 Å².